The Morgan fingerprint density at radius 1 is 1.21 bits per heavy atom. The topological polar surface area (TPSA) is 26.3 Å². The third kappa shape index (κ3) is 2.68. The fraction of sp³-hybridized carbons (Fsp3) is 0.750. The molecule has 0 aliphatic heterocycles. The molecular formula is C12H18O2. The summed E-state index contributed by atoms with van der Waals surface area (Å²) < 4.78 is 5.94. The second kappa shape index (κ2) is 4.74. The Kier molecular flexibility index (Phi) is 3.35. The van der Waals surface area contributed by atoms with Crippen molar-refractivity contribution >= 4 is 5.78 Å². The molecule has 14 heavy (non-hydrogen) atoms. The number of Topliss-reactive ketones (excluding diaryl/α,β-unsaturated/α-hetero) is 1. The van der Waals surface area contributed by atoms with E-state index in [4.69, 9.17) is 4.74 Å². The van der Waals surface area contributed by atoms with Gasteiger partial charge in [-0.15, -0.1) is 0 Å². The van der Waals surface area contributed by atoms with Gasteiger partial charge in [0, 0.05) is 12.8 Å². The van der Waals surface area contributed by atoms with Gasteiger partial charge in [-0.25, -0.2) is 0 Å². The van der Waals surface area contributed by atoms with Gasteiger partial charge in [0.1, 0.15) is 5.78 Å². The minimum atomic E-state index is 0.321. The van der Waals surface area contributed by atoms with Gasteiger partial charge >= 0.3 is 0 Å². The number of hydrogen-bond donors (Lipinski definition) is 0. The van der Waals surface area contributed by atoms with Crippen molar-refractivity contribution in [1.82, 2.24) is 0 Å². The minimum absolute atomic E-state index is 0.321. The van der Waals surface area contributed by atoms with Gasteiger partial charge < -0.3 is 4.74 Å². The third-order valence-electron chi connectivity index (χ3n) is 3.07. The summed E-state index contributed by atoms with van der Waals surface area (Å²) in [6.45, 7) is 0. The van der Waals surface area contributed by atoms with Crippen molar-refractivity contribution in [3.05, 3.63) is 12.2 Å². The zero-order valence-corrected chi connectivity index (χ0v) is 8.58. The van der Waals surface area contributed by atoms with E-state index in [0.29, 0.717) is 18.0 Å². The summed E-state index contributed by atoms with van der Waals surface area (Å²) >= 11 is 0. The normalized spacial score (nSPS) is 29.4. The molecule has 0 bridgehead atoms. The molecular weight excluding hydrogens is 176 g/mol. The van der Waals surface area contributed by atoms with Crippen LogP contribution < -0.4 is 0 Å². The third-order valence-corrected chi connectivity index (χ3v) is 3.07. The van der Waals surface area contributed by atoms with E-state index in [1.165, 1.54) is 12.8 Å². The highest BCUT2D eigenvalue weighted by Crippen LogP contribution is 2.22. The predicted molar refractivity (Wildman–Crippen MR) is 55.1 cm³/mol. The maximum absolute atomic E-state index is 11.0. The number of ketones is 1. The van der Waals surface area contributed by atoms with Crippen LogP contribution in [0.15, 0.2) is 12.2 Å². The molecule has 0 N–H and O–H groups in total. The van der Waals surface area contributed by atoms with Crippen molar-refractivity contribution < 1.29 is 9.53 Å². The number of allylic oxidation sites excluding steroid dienone is 1. The first-order valence-electron chi connectivity index (χ1n) is 5.68. The zero-order valence-electron chi connectivity index (χ0n) is 8.58. The molecule has 1 atom stereocenters. The summed E-state index contributed by atoms with van der Waals surface area (Å²) in [7, 11) is 0. The fourth-order valence-corrected chi connectivity index (χ4v) is 2.19. The molecule has 0 radical (unpaired) electrons. The Morgan fingerprint density at radius 3 is 2.64 bits per heavy atom. The summed E-state index contributed by atoms with van der Waals surface area (Å²) in [4.78, 5) is 11.0. The molecule has 1 unspecified atom stereocenters. The van der Waals surface area contributed by atoms with Crippen molar-refractivity contribution in [3.63, 3.8) is 0 Å². The average molecular weight is 194 g/mol. The lowest BCUT2D eigenvalue weighted by atomic mass is 9.96. The molecule has 0 heterocycles. The molecule has 0 spiro atoms. The van der Waals surface area contributed by atoms with E-state index in [2.05, 4.69) is 12.2 Å². The van der Waals surface area contributed by atoms with Crippen LogP contribution in [-0.2, 0) is 9.53 Å². The fourth-order valence-electron chi connectivity index (χ4n) is 2.19. The highest BCUT2D eigenvalue weighted by molar-refractivity contribution is 5.79. The number of carbonyl (C=O) groups excluding carboxylic acids is 1. The lowest BCUT2D eigenvalue weighted by Crippen LogP contribution is -2.26. The van der Waals surface area contributed by atoms with Crippen LogP contribution >= 0.6 is 0 Å². The lowest BCUT2D eigenvalue weighted by Gasteiger charge is -2.26. The van der Waals surface area contributed by atoms with Crippen LogP contribution in [0.2, 0.25) is 0 Å². The molecule has 2 aliphatic rings. The second-order valence-corrected chi connectivity index (χ2v) is 4.27. The van der Waals surface area contributed by atoms with Gasteiger partial charge in [0.25, 0.3) is 0 Å². The first kappa shape index (κ1) is 9.91. The molecule has 1 fully saturated rings. The van der Waals surface area contributed by atoms with E-state index in [-0.39, 0.29) is 0 Å². The van der Waals surface area contributed by atoms with Crippen LogP contribution in [0.4, 0.5) is 0 Å². The molecule has 0 saturated heterocycles. The summed E-state index contributed by atoms with van der Waals surface area (Å²) in [5.41, 5.74) is 0. The Labute approximate surface area is 85.3 Å². The number of hydrogen-bond acceptors (Lipinski definition) is 2. The second-order valence-electron chi connectivity index (χ2n) is 4.27. The van der Waals surface area contributed by atoms with E-state index >= 15 is 0 Å². The molecule has 2 aliphatic carbocycles. The first-order chi connectivity index (χ1) is 6.84. The highest BCUT2D eigenvalue weighted by atomic mass is 16.5. The maximum Gasteiger partial charge on any atom is 0.133 e. The summed E-state index contributed by atoms with van der Waals surface area (Å²) in [6.07, 6.45) is 12.0. The predicted octanol–water partition coefficient (Wildman–Crippen LogP) is 2.62. The Balaban J connectivity index is 1.76. The quantitative estimate of drug-likeness (QED) is 0.632. The average Bonchev–Trinajstić information content (AvgIpc) is 2.23. The van der Waals surface area contributed by atoms with Crippen LogP contribution in [0.25, 0.3) is 0 Å². The number of carbonyl (C=O) groups is 1. The molecule has 0 amide bonds. The first-order valence-corrected chi connectivity index (χ1v) is 5.68. The zero-order chi connectivity index (χ0) is 9.80. The van der Waals surface area contributed by atoms with Crippen molar-refractivity contribution in [2.75, 3.05) is 0 Å². The van der Waals surface area contributed by atoms with Crippen LogP contribution in [0.3, 0.4) is 0 Å². The highest BCUT2D eigenvalue weighted by Gasteiger charge is 2.21. The Morgan fingerprint density at radius 2 is 2.00 bits per heavy atom. The van der Waals surface area contributed by atoms with E-state index in [1.54, 1.807) is 0 Å². The van der Waals surface area contributed by atoms with Gasteiger partial charge in [0.15, 0.2) is 0 Å². The summed E-state index contributed by atoms with van der Waals surface area (Å²) in [6, 6.07) is 0. The SMILES string of the molecule is O=C1CCC(OC2C=CCCC2)CC1. The molecule has 78 valence electrons. The lowest BCUT2D eigenvalue weighted by molar-refractivity contribution is -0.123. The molecule has 0 aromatic rings. The minimum Gasteiger partial charge on any atom is -0.371 e. The summed E-state index contributed by atoms with van der Waals surface area (Å²) in [5, 5.41) is 0. The van der Waals surface area contributed by atoms with Gasteiger partial charge in [0.2, 0.25) is 0 Å². The van der Waals surface area contributed by atoms with Crippen LogP contribution in [-0.4, -0.2) is 18.0 Å². The van der Waals surface area contributed by atoms with Crippen LogP contribution in [0.5, 0.6) is 0 Å². The van der Waals surface area contributed by atoms with Gasteiger partial charge in [-0.2, -0.15) is 0 Å². The molecule has 2 nitrogen and oxygen atoms in total. The van der Waals surface area contributed by atoms with Crippen LogP contribution in [0.1, 0.15) is 44.9 Å². The Hall–Kier alpha value is -0.630. The number of rotatable bonds is 2. The molecule has 2 heteroatoms. The van der Waals surface area contributed by atoms with Gasteiger partial charge in [-0.05, 0) is 32.1 Å². The molecule has 2 rings (SSSR count). The largest absolute Gasteiger partial charge is 0.371 e. The van der Waals surface area contributed by atoms with E-state index < -0.39 is 0 Å². The maximum atomic E-state index is 11.0. The van der Waals surface area contributed by atoms with Crippen LogP contribution in [0, 0.1) is 0 Å². The van der Waals surface area contributed by atoms with E-state index in [1.807, 2.05) is 0 Å². The van der Waals surface area contributed by atoms with Gasteiger partial charge in [-0.1, -0.05) is 12.2 Å². The molecule has 1 saturated carbocycles. The van der Waals surface area contributed by atoms with E-state index in [9.17, 15) is 4.79 Å². The van der Waals surface area contributed by atoms with Crippen molar-refractivity contribution in [2.24, 2.45) is 0 Å². The molecule has 0 aromatic heterocycles. The Bertz CT molecular complexity index is 222. The van der Waals surface area contributed by atoms with Crippen molar-refractivity contribution in [1.29, 1.82) is 0 Å². The van der Waals surface area contributed by atoms with Crippen molar-refractivity contribution in [2.45, 2.75) is 57.2 Å². The van der Waals surface area contributed by atoms with Crippen molar-refractivity contribution in [3.8, 4) is 0 Å². The smallest absolute Gasteiger partial charge is 0.133 e. The van der Waals surface area contributed by atoms with E-state index in [0.717, 1.165) is 32.1 Å². The molecule has 0 aromatic carbocycles. The standard InChI is InChI=1S/C12H18O2/c13-10-6-8-12(9-7-10)14-11-4-2-1-3-5-11/h2,4,11-12H,1,3,5-9H2. The number of ether oxygens (including phenoxy) is 1. The monoisotopic (exact) mass is 194 g/mol. The van der Waals surface area contributed by atoms with Gasteiger partial charge in [-0.3, -0.25) is 4.79 Å². The summed E-state index contributed by atoms with van der Waals surface area (Å²) in [5.74, 6) is 0.407. The van der Waals surface area contributed by atoms with Gasteiger partial charge in [0.05, 0.1) is 12.2 Å².